The van der Waals surface area contributed by atoms with E-state index in [4.69, 9.17) is 5.73 Å². The number of fused-ring (bicyclic) bond motifs is 1. The summed E-state index contributed by atoms with van der Waals surface area (Å²) in [6, 6.07) is 5.95. The van der Waals surface area contributed by atoms with Gasteiger partial charge in [0.25, 0.3) is 0 Å². The van der Waals surface area contributed by atoms with Crippen molar-refractivity contribution in [2.45, 2.75) is 27.2 Å². The molecule has 142 valence electrons. The van der Waals surface area contributed by atoms with Gasteiger partial charge in [-0.05, 0) is 30.7 Å². The van der Waals surface area contributed by atoms with Crippen molar-refractivity contribution in [1.82, 2.24) is 4.98 Å². The Bertz CT molecular complexity index is 738. The highest BCUT2D eigenvalue weighted by atomic mass is 79.9. The molecule has 0 fully saturated rings. The van der Waals surface area contributed by atoms with Crippen molar-refractivity contribution in [2.75, 3.05) is 17.6 Å². The molecule has 3 N–H and O–H groups in total. The van der Waals surface area contributed by atoms with Gasteiger partial charge in [0.15, 0.2) is 0 Å². The van der Waals surface area contributed by atoms with Crippen LogP contribution in [0.2, 0.25) is 0 Å². The predicted octanol–water partition coefficient (Wildman–Crippen LogP) is 6.86. The minimum atomic E-state index is 0.634. The van der Waals surface area contributed by atoms with Crippen LogP contribution in [0.25, 0.3) is 10.9 Å². The molecule has 6 heteroatoms. The summed E-state index contributed by atoms with van der Waals surface area (Å²) in [7, 11) is 0. The summed E-state index contributed by atoms with van der Waals surface area (Å²) < 4.78 is 0.999. The fraction of sp³-hybridized carbons (Fsp3) is 0.250. The molecule has 1 aromatic heterocycles. The van der Waals surface area contributed by atoms with E-state index in [1.165, 1.54) is 6.42 Å². The zero-order chi connectivity index (χ0) is 19.9. The number of nitrogens with two attached hydrogens (primary N) is 1. The lowest BCUT2D eigenvalue weighted by molar-refractivity contribution is 1.09. The van der Waals surface area contributed by atoms with Crippen molar-refractivity contribution in [3.05, 3.63) is 65.3 Å². The summed E-state index contributed by atoms with van der Waals surface area (Å²) in [5.41, 5.74) is 9.60. The summed E-state index contributed by atoms with van der Waals surface area (Å²) in [6.07, 6.45) is 10.8. The lowest BCUT2D eigenvalue weighted by Crippen LogP contribution is -2.07. The van der Waals surface area contributed by atoms with Crippen LogP contribution in [0.1, 0.15) is 27.2 Å². The molecule has 2 rings (SSSR count). The molecule has 0 amide bonds. The normalized spacial score (nSPS) is 10.6. The van der Waals surface area contributed by atoms with Crippen molar-refractivity contribution in [3.63, 3.8) is 0 Å². The summed E-state index contributed by atoms with van der Waals surface area (Å²) in [5, 5.41) is 4.38. The Hall–Kier alpha value is -1.37. The molecule has 0 atom stereocenters. The van der Waals surface area contributed by atoms with E-state index in [0.717, 1.165) is 26.6 Å². The van der Waals surface area contributed by atoms with Crippen LogP contribution in [0.15, 0.2) is 65.3 Å². The number of hydrogen-bond donors (Lipinski definition) is 4. The first kappa shape index (κ1) is 24.6. The first-order valence-electron chi connectivity index (χ1n) is 8.29. The van der Waals surface area contributed by atoms with Crippen molar-refractivity contribution >= 4 is 61.5 Å². The third kappa shape index (κ3) is 8.34. The molecule has 0 bridgehead atoms. The second-order valence-corrected chi connectivity index (χ2v) is 6.20. The Kier molecular flexibility index (Phi) is 14.0. The fourth-order valence-electron chi connectivity index (χ4n) is 1.99. The predicted molar refractivity (Wildman–Crippen MR) is 129 cm³/mol. The van der Waals surface area contributed by atoms with Crippen LogP contribution >= 0.6 is 39.3 Å². The van der Waals surface area contributed by atoms with E-state index in [0.29, 0.717) is 12.2 Å². The van der Waals surface area contributed by atoms with E-state index in [1.807, 2.05) is 49.4 Å². The van der Waals surface area contributed by atoms with Gasteiger partial charge >= 0.3 is 0 Å². The van der Waals surface area contributed by atoms with Gasteiger partial charge in [0, 0.05) is 16.4 Å². The van der Waals surface area contributed by atoms with Crippen LogP contribution < -0.4 is 11.1 Å². The molecule has 0 saturated heterocycles. The Balaban J connectivity index is 0.00000113. The highest BCUT2D eigenvalue weighted by Crippen LogP contribution is 2.30. The summed E-state index contributed by atoms with van der Waals surface area (Å²) in [6.45, 7) is 10.7. The number of rotatable bonds is 5. The molecule has 0 aliphatic heterocycles. The van der Waals surface area contributed by atoms with E-state index >= 15 is 0 Å². The second kappa shape index (κ2) is 14.8. The number of pyridine rings is 1. The topological polar surface area (TPSA) is 50.9 Å². The first-order valence-corrected chi connectivity index (χ1v) is 10.7. The first-order chi connectivity index (χ1) is 12.6. The smallest absolute Gasteiger partial charge is 0.0743 e. The number of nitrogens with zero attached hydrogens (tertiary/aromatic N) is 1. The average molecular weight is 455 g/mol. The number of nitrogens with one attached hydrogen (secondary N) is 1. The molecule has 0 aliphatic rings. The van der Waals surface area contributed by atoms with Crippen LogP contribution in [-0.4, -0.2) is 11.5 Å². The molecule has 0 aliphatic carbocycles. The van der Waals surface area contributed by atoms with Gasteiger partial charge in [-0.2, -0.15) is 0 Å². The van der Waals surface area contributed by atoms with Crippen LogP contribution in [0.4, 0.5) is 11.4 Å². The zero-order valence-electron chi connectivity index (χ0n) is 15.5. The maximum atomic E-state index is 6.06. The molecule has 0 saturated carbocycles. The van der Waals surface area contributed by atoms with Gasteiger partial charge in [0.05, 0.1) is 23.1 Å². The Morgan fingerprint density at radius 3 is 2.58 bits per heavy atom. The van der Waals surface area contributed by atoms with Crippen molar-refractivity contribution < 1.29 is 0 Å². The SMILES string of the molecule is C=C/C(=C\C=C/C)CNc1c(N)cnc2ccc(Br)cc12.CCC.SS. The lowest BCUT2D eigenvalue weighted by atomic mass is 10.1. The Morgan fingerprint density at radius 2 is 2.00 bits per heavy atom. The van der Waals surface area contributed by atoms with E-state index in [9.17, 15) is 0 Å². The lowest BCUT2D eigenvalue weighted by Gasteiger charge is -2.13. The number of halogens is 1. The summed E-state index contributed by atoms with van der Waals surface area (Å²) in [4.78, 5) is 4.35. The molecule has 0 spiro atoms. The minimum absolute atomic E-state index is 0.634. The third-order valence-electron chi connectivity index (χ3n) is 3.09. The van der Waals surface area contributed by atoms with Crippen molar-refractivity contribution in [2.24, 2.45) is 0 Å². The largest absolute Gasteiger partial charge is 0.396 e. The molecule has 26 heavy (non-hydrogen) atoms. The van der Waals surface area contributed by atoms with Crippen LogP contribution in [-0.2, 0) is 0 Å². The molecule has 0 unspecified atom stereocenters. The average Bonchev–Trinajstić information content (AvgIpc) is 2.65. The molecule has 3 nitrogen and oxygen atoms in total. The third-order valence-corrected chi connectivity index (χ3v) is 3.59. The van der Waals surface area contributed by atoms with Gasteiger partial charge in [-0.3, -0.25) is 4.98 Å². The van der Waals surface area contributed by atoms with Gasteiger partial charge in [-0.1, -0.05) is 67.1 Å². The number of nitrogen functional groups attached to an aromatic ring is 1. The Labute approximate surface area is 176 Å². The van der Waals surface area contributed by atoms with Crippen LogP contribution in [0, 0.1) is 0 Å². The van der Waals surface area contributed by atoms with Gasteiger partial charge in [-0.15, -0.1) is 23.3 Å². The monoisotopic (exact) mass is 453 g/mol. The van der Waals surface area contributed by atoms with Crippen molar-refractivity contribution in [1.29, 1.82) is 0 Å². The number of hydrogen-bond acceptors (Lipinski definition) is 5. The van der Waals surface area contributed by atoms with Gasteiger partial charge in [-0.25, -0.2) is 0 Å². The number of benzene rings is 1. The summed E-state index contributed by atoms with van der Waals surface area (Å²) in [5.74, 6) is 0. The Morgan fingerprint density at radius 1 is 1.35 bits per heavy atom. The van der Waals surface area contributed by atoms with Gasteiger partial charge in [0.2, 0.25) is 0 Å². The molecule has 0 radical (unpaired) electrons. The van der Waals surface area contributed by atoms with E-state index < -0.39 is 0 Å². The summed E-state index contributed by atoms with van der Waals surface area (Å²) >= 11 is 9.93. The number of anilines is 2. The fourth-order valence-corrected chi connectivity index (χ4v) is 2.35. The second-order valence-electron chi connectivity index (χ2n) is 5.28. The van der Waals surface area contributed by atoms with Crippen molar-refractivity contribution in [3.8, 4) is 0 Å². The molecule has 1 heterocycles. The number of aromatic nitrogens is 1. The quantitative estimate of drug-likeness (QED) is 0.227. The van der Waals surface area contributed by atoms with Gasteiger partial charge < -0.3 is 11.1 Å². The molecule has 2 aromatic rings. The van der Waals surface area contributed by atoms with Gasteiger partial charge in [0.1, 0.15) is 0 Å². The van der Waals surface area contributed by atoms with Crippen LogP contribution in [0.5, 0.6) is 0 Å². The molecular weight excluding hydrogens is 426 g/mol. The number of allylic oxidation sites excluding steroid dienone is 3. The van der Waals surface area contributed by atoms with E-state index in [-0.39, 0.29) is 0 Å². The van der Waals surface area contributed by atoms with E-state index in [1.54, 1.807) is 6.20 Å². The minimum Gasteiger partial charge on any atom is -0.396 e. The van der Waals surface area contributed by atoms with Crippen LogP contribution in [0.3, 0.4) is 0 Å². The standard InChI is InChI=1S/C17H18BrN3.C3H8.H2S2/c1-3-5-6-12(4-2)10-21-17-14-9-13(18)7-8-16(14)20-11-15(17)19;1-3-2;1-2/h3-9,11H,2,10,19H2,1H3,(H,20,21);3H2,1-2H3;1-2H/b5-3-,12-6+;;. The number of thiol groups is 2. The molecule has 1 aromatic carbocycles. The maximum absolute atomic E-state index is 6.06. The zero-order valence-corrected chi connectivity index (χ0v) is 18.9. The molecular formula is C20H28BrN3S2. The maximum Gasteiger partial charge on any atom is 0.0743 e. The highest BCUT2D eigenvalue weighted by molar-refractivity contribution is 9.10. The van der Waals surface area contributed by atoms with E-state index in [2.05, 4.69) is 70.0 Å². The highest BCUT2D eigenvalue weighted by Gasteiger charge is 2.07.